The van der Waals surface area contributed by atoms with Gasteiger partial charge in [0, 0.05) is 6.54 Å². The fraction of sp³-hybridized carbons (Fsp3) is 0.400. The first kappa shape index (κ1) is 17.0. The van der Waals surface area contributed by atoms with Gasteiger partial charge in [0.2, 0.25) is 0 Å². The molecule has 0 unspecified atom stereocenters. The summed E-state index contributed by atoms with van der Waals surface area (Å²) in [4.78, 5) is 0.378. The molecule has 0 saturated heterocycles. The van der Waals surface area contributed by atoms with Crippen molar-refractivity contribution >= 4 is 15.7 Å². The van der Waals surface area contributed by atoms with Gasteiger partial charge in [0.15, 0.2) is 0 Å². The number of sulfonamides is 1. The van der Waals surface area contributed by atoms with Crippen LogP contribution in [0, 0.1) is 12.8 Å². The van der Waals surface area contributed by atoms with Gasteiger partial charge in [0.25, 0.3) is 10.0 Å². The minimum atomic E-state index is -3.50. The van der Waals surface area contributed by atoms with Crippen LogP contribution in [0.1, 0.15) is 37.0 Å². The lowest BCUT2D eigenvalue weighted by atomic mass is 10.0. The predicted octanol–water partition coefficient (Wildman–Crippen LogP) is 4.34. The summed E-state index contributed by atoms with van der Waals surface area (Å²) in [5, 5.41) is 0. The normalized spacial score (nSPS) is 14.8. The number of benzene rings is 2. The molecule has 1 heterocycles. The number of aryl methyl sites for hydroxylation is 2. The summed E-state index contributed by atoms with van der Waals surface area (Å²) in [5.41, 5.74) is 4.31. The van der Waals surface area contributed by atoms with Crippen molar-refractivity contribution in [3.63, 3.8) is 0 Å². The Morgan fingerprint density at radius 3 is 2.46 bits per heavy atom. The van der Waals surface area contributed by atoms with E-state index in [4.69, 9.17) is 0 Å². The standard InChI is InChI=1S/C20H25NO2S/c1-15(2)13-17-7-9-19(10-8-17)24(22,23)21-12-4-5-18-14-16(3)6-11-20(18)21/h6-11,14-15H,4-5,12-13H2,1-3H3. The summed E-state index contributed by atoms with van der Waals surface area (Å²) in [6, 6.07) is 13.4. The Bertz CT molecular complexity index is 823. The molecule has 0 aromatic heterocycles. The molecule has 3 nitrogen and oxygen atoms in total. The molecule has 0 aliphatic carbocycles. The van der Waals surface area contributed by atoms with E-state index < -0.39 is 10.0 Å². The van der Waals surface area contributed by atoms with Crippen molar-refractivity contribution in [3.8, 4) is 0 Å². The average molecular weight is 343 g/mol. The molecule has 3 rings (SSSR count). The molecule has 2 aromatic rings. The highest BCUT2D eigenvalue weighted by Gasteiger charge is 2.28. The first-order chi connectivity index (χ1) is 11.4. The molecule has 0 atom stereocenters. The lowest BCUT2D eigenvalue weighted by Crippen LogP contribution is -2.35. The minimum Gasteiger partial charge on any atom is -0.266 e. The van der Waals surface area contributed by atoms with Crippen LogP contribution in [-0.2, 0) is 22.9 Å². The van der Waals surface area contributed by atoms with E-state index in [1.54, 1.807) is 16.4 Å². The maximum absolute atomic E-state index is 13.1. The zero-order chi connectivity index (χ0) is 17.3. The molecule has 0 amide bonds. The molecular weight excluding hydrogens is 318 g/mol. The van der Waals surface area contributed by atoms with Gasteiger partial charge >= 0.3 is 0 Å². The second kappa shape index (κ2) is 6.60. The van der Waals surface area contributed by atoms with Crippen molar-refractivity contribution in [2.45, 2.75) is 44.9 Å². The fourth-order valence-corrected chi connectivity index (χ4v) is 4.88. The van der Waals surface area contributed by atoms with Gasteiger partial charge in [-0.15, -0.1) is 0 Å². The number of hydrogen-bond donors (Lipinski definition) is 0. The van der Waals surface area contributed by atoms with Crippen LogP contribution in [0.15, 0.2) is 47.4 Å². The van der Waals surface area contributed by atoms with Crippen molar-refractivity contribution in [2.24, 2.45) is 5.92 Å². The van der Waals surface area contributed by atoms with Crippen LogP contribution in [-0.4, -0.2) is 15.0 Å². The number of fused-ring (bicyclic) bond motifs is 1. The van der Waals surface area contributed by atoms with Gasteiger partial charge in [-0.1, -0.05) is 43.7 Å². The average Bonchev–Trinajstić information content (AvgIpc) is 2.54. The molecule has 24 heavy (non-hydrogen) atoms. The smallest absolute Gasteiger partial charge is 0.264 e. The second-order valence-electron chi connectivity index (χ2n) is 7.05. The third-order valence-electron chi connectivity index (χ3n) is 4.47. The Balaban J connectivity index is 1.94. The highest BCUT2D eigenvalue weighted by atomic mass is 32.2. The quantitative estimate of drug-likeness (QED) is 0.828. The fourth-order valence-electron chi connectivity index (χ4n) is 3.34. The molecule has 1 aliphatic rings. The van der Waals surface area contributed by atoms with Gasteiger partial charge in [-0.3, -0.25) is 4.31 Å². The zero-order valence-corrected chi connectivity index (χ0v) is 15.4. The number of rotatable bonds is 4. The molecule has 1 aliphatic heterocycles. The van der Waals surface area contributed by atoms with Gasteiger partial charge in [-0.2, -0.15) is 0 Å². The number of anilines is 1. The van der Waals surface area contributed by atoms with Crippen LogP contribution < -0.4 is 4.31 Å². The van der Waals surface area contributed by atoms with E-state index in [1.165, 1.54) is 11.1 Å². The SMILES string of the molecule is Cc1ccc2c(c1)CCCN2S(=O)(=O)c1ccc(CC(C)C)cc1. The maximum atomic E-state index is 13.1. The van der Waals surface area contributed by atoms with Crippen molar-refractivity contribution in [2.75, 3.05) is 10.8 Å². The second-order valence-corrected chi connectivity index (χ2v) is 8.92. The largest absolute Gasteiger partial charge is 0.266 e. The molecular formula is C20H25NO2S. The first-order valence-electron chi connectivity index (χ1n) is 8.59. The van der Waals surface area contributed by atoms with E-state index in [2.05, 4.69) is 19.9 Å². The third kappa shape index (κ3) is 3.34. The number of nitrogens with zero attached hydrogens (tertiary/aromatic N) is 1. The third-order valence-corrected chi connectivity index (χ3v) is 6.29. The maximum Gasteiger partial charge on any atom is 0.264 e. The highest BCUT2D eigenvalue weighted by Crippen LogP contribution is 2.32. The number of hydrogen-bond acceptors (Lipinski definition) is 2. The monoisotopic (exact) mass is 343 g/mol. The summed E-state index contributed by atoms with van der Waals surface area (Å²) in [5.74, 6) is 0.560. The molecule has 4 heteroatoms. The van der Waals surface area contributed by atoms with Crippen molar-refractivity contribution in [1.29, 1.82) is 0 Å². The molecule has 128 valence electrons. The van der Waals surface area contributed by atoms with Crippen LogP contribution in [0.4, 0.5) is 5.69 Å². The Morgan fingerprint density at radius 2 is 1.79 bits per heavy atom. The summed E-state index contributed by atoms with van der Waals surface area (Å²) < 4.78 is 27.8. The predicted molar refractivity (Wildman–Crippen MR) is 99.0 cm³/mol. The van der Waals surface area contributed by atoms with E-state index in [1.807, 2.05) is 31.2 Å². The van der Waals surface area contributed by atoms with Crippen molar-refractivity contribution in [3.05, 3.63) is 59.2 Å². The Kier molecular flexibility index (Phi) is 4.68. The molecule has 0 bridgehead atoms. The Hall–Kier alpha value is -1.81. The molecule has 0 fully saturated rings. The summed E-state index contributed by atoms with van der Waals surface area (Å²) in [6.45, 7) is 6.92. The topological polar surface area (TPSA) is 37.4 Å². The first-order valence-corrected chi connectivity index (χ1v) is 10.0. The zero-order valence-electron chi connectivity index (χ0n) is 14.6. The van der Waals surface area contributed by atoms with Gasteiger partial charge in [0.05, 0.1) is 10.6 Å². The van der Waals surface area contributed by atoms with Crippen molar-refractivity contribution < 1.29 is 8.42 Å². The van der Waals surface area contributed by atoms with Gasteiger partial charge in [-0.25, -0.2) is 8.42 Å². The van der Waals surface area contributed by atoms with E-state index in [9.17, 15) is 8.42 Å². The lowest BCUT2D eigenvalue weighted by Gasteiger charge is -2.30. The molecule has 0 radical (unpaired) electrons. The highest BCUT2D eigenvalue weighted by molar-refractivity contribution is 7.92. The van der Waals surface area contributed by atoms with Crippen LogP contribution in [0.2, 0.25) is 0 Å². The summed E-state index contributed by atoms with van der Waals surface area (Å²) >= 11 is 0. The van der Waals surface area contributed by atoms with Crippen LogP contribution in [0.25, 0.3) is 0 Å². The molecule has 0 N–H and O–H groups in total. The molecule has 2 aromatic carbocycles. The Morgan fingerprint density at radius 1 is 1.08 bits per heavy atom. The van der Waals surface area contributed by atoms with E-state index in [0.29, 0.717) is 17.4 Å². The van der Waals surface area contributed by atoms with Gasteiger partial charge in [-0.05, 0) is 61.4 Å². The van der Waals surface area contributed by atoms with Gasteiger partial charge < -0.3 is 0 Å². The molecule has 0 spiro atoms. The van der Waals surface area contributed by atoms with Crippen LogP contribution in [0.3, 0.4) is 0 Å². The summed E-state index contributed by atoms with van der Waals surface area (Å²) in [7, 11) is -3.50. The van der Waals surface area contributed by atoms with Gasteiger partial charge in [0.1, 0.15) is 0 Å². The lowest BCUT2D eigenvalue weighted by molar-refractivity contribution is 0.586. The van der Waals surface area contributed by atoms with E-state index in [0.717, 1.165) is 30.5 Å². The summed E-state index contributed by atoms with van der Waals surface area (Å²) in [6.07, 6.45) is 2.77. The van der Waals surface area contributed by atoms with E-state index in [-0.39, 0.29) is 0 Å². The Labute approximate surface area is 145 Å². The van der Waals surface area contributed by atoms with E-state index >= 15 is 0 Å². The van der Waals surface area contributed by atoms with Crippen LogP contribution in [0.5, 0.6) is 0 Å². The van der Waals surface area contributed by atoms with Crippen LogP contribution >= 0.6 is 0 Å². The van der Waals surface area contributed by atoms with Crippen molar-refractivity contribution in [1.82, 2.24) is 0 Å². The minimum absolute atomic E-state index is 0.378. The molecule has 0 saturated carbocycles.